The third-order valence-electron chi connectivity index (χ3n) is 5.52. The van der Waals surface area contributed by atoms with Crippen LogP contribution in [0.2, 0.25) is 0 Å². The van der Waals surface area contributed by atoms with E-state index in [1.54, 1.807) is 37.3 Å². The first-order chi connectivity index (χ1) is 14.9. The Morgan fingerprint density at radius 2 is 1.65 bits per heavy atom. The standard InChI is InChI=1S/C23H25N3O4S/c1-3-30-23(27)17-12-14-26(15-13-17)21-22(25-20-7-5-4-6-19(20)24-21)31(28,29)18-10-8-16(2)9-11-18/h4-11,17H,3,12-15H2,1-2H3. The Kier molecular flexibility index (Phi) is 5.91. The highest BCUT2D eigenvalue weighted by Gasteiger charge is 2.32. The molecule has 31 heavy (non-hydrogen) atoms. The van der Waals surface area contributed by atoms with Crippen molar-refractivity contribution in [3.8, 4) is 0 Å². The zero-order chi connectivity index (χ0) is 22.0. The Morgan fingerprint density at radius 3 is 2.26 bits per heavy atom. The van der Waals surface area contributed by atoms with Crippen molar-refractivity contribution < 1.29 is 17.9 Å². The van der Waals surface area contributed by atoms with E-state index in [0.29, 0.717) is 49.4 Å². The number of benzene rings is 2. The lowest BCUT2D eigenvalue weighted by Crippen LogP contribution is -2.38. The van der Waals surface area contributed by atoms with Gasteiger partial charge in [-0.2, -0.15) is 0 Å². The number of hydrogen-bond acceptors (Lipinski definition) is 7. The lowest BCUT2D eigenvalue weighted by molar-refractivity contribution is -0.148. The summed E-state index contributed by atoms with van der Waals surface area (Å²) < 4.78 is 32.2. The van der Waals surface area contributed by atoms with Gasteiger partial charge in [0.05, 0.1) is 28.5 Å². The second-order valence-electron chi connectivity index (χ2n) is 7.67. The minimum Gasteiger partial charge on any atom is -0.466 e. The monoisotopic (exact) mass is 439 g/mol. The summed E-state index contributed by atoms with van der Waals surface area (Å²) >= 11 is 0. The molecule has 0 atom stereocenters. The van der Waals surface area contributed by atoms with Crippen molar-refractivity contribution in [3.05, 3.63) is 54.1 Å². The summed E-state index contributed by atoms with van der Waals surface area (Å²) in [5.74, 6) is -0.0393. The normalized spacial score (nSPS) is 15.2. The molecule has 0 saturated carbocycles. The van der Waals surface area contributed by atoms with Gasteiger partial charge < -0.3 is 9.64 Å². The van der Waals surface area contributed by atoms with Crippen molar-refractivity contribution in [1.82, 2.24) is 9.97 Å². The fraction of sp³-hybridized carbons (Fsp3) is 0.348. The van der Waals surface area contributed by atoms with Gasteiger partial charge in [-0.3, -0.25) is 4.79 Å². The van der Waals surface area contributed by atoms with Crippen LogP contribution in [-0.4, -0.2) is 44.1 Å². The first-order valence-electron chi connectivity index (χ1n) is 10.4. The third-order valence-corrected chi connectivity index (χ3v) is 7.20. The first kappa shape index (κ1) is 21.2. The molecule has 7 nitrogen and oxygen atoms in total. The van der Waals surface area contributed by atoms with Gasteiger partial charge in [0.2, 0.25) is 14.9 Å². The molecule has 1 fully saturated rings. The fourth-order valence-electron chi connectivity index (χ4n) is 3.78. The minimum absolute atomic E-state index is 0.0513. The highest BCUT2D eigenvalue weighted by molar-refractivity contribution is 7.91. The maximum Gasteiger partial charge on any atom is 0.309 e. The van der Waals surface area contributed by atoms with Gasteiger partial charge in [0.1, 0.15) is 0 Å². The number of hydrogen-bond donors (Lipinski definition) is 0. The number of nitrogens with zero attached hydrogens (tertiary/aromatic N) is 3. The molecule has 0 N–H and O–H groups in total. The van der Waals surface area contributed by atoms with Gasteiger partial charge in [-0.15, -0.1) is 0 Å². The first-order valence-corrected chi connectivity index (χ1v) is 11.9. The van der Waals surface area contributed by atoms with Crippen LogP contribution in [0.3, 0.4) is 0 Å². The zero-order valence-electron chi connectivity index (χ0n) is 17.6. The molecule has 8 heteroatoms. The van der Waals surface area contributed by atoms with E-state index in [1.807, 2.05) is 30.0 Å². The Bertz CT molecular complexity index is 1200. The number of anilines is 1. The number of sulfone groups is 1. The summed E-state index contributed by atoms with van der Waals surface area (Å²) in [7, 11) is -3.87. The van der Waals surface area contributed by atoms with Gasteiger partial charge in [0.25, 0.3) is 0 Å². The number of ether oxygens (including phenoxy) is 1. The Hall–Kier alpha value is -3.00. The molecular weight excluding hydrogens is 414 g/mol. The van der Waals surface area contributed by atoms with Crippen LogP contribution in [0.15, 0.2) is 58.5 Å². The maximum atomic E-state index is 13.5. The third kappa shape index (κ3) is 4.25. The van der Waals surface area contributed by atoms with Crippen LogP contribution in [0.4, 0.5) is 5.82 Å². The van der Waals surface area contributed by atoms with Crippen LogP contribution in [-0.2, 0) is 19.4 Å². The van der Waals surface area contributed by atoms with Crippen molar-refractivity contribution in [2.45, 2.75) is 36.6 Å². The van der Waals surface area contributed by atoms with E-state index < -0.39 is 9.84 Å². The molecule has 1 aromatic heterocycles. The largest absolute Gasteiger partial charge is 0.466 e. The van der Waals surface area contributed by atoms with Crippen LogP contribution in [0, 0.1) is 12.8 Å². The molecule has 1 saturated heterocycles. The summed E-state index contributed by atoms with van der Waals surface area (Å²) in [4.78, 5) is 23.4. The topological polar surface area (TPSA) is 89.5 Å². The van der Waals surface area contributed by atoms with Crippen LogP contribution in [0.25, 0.3) is 11.0 Å². The van der Waals surface area contributed by atoms with E-state index in [1.165, 1.54) is 0 Å². The van der Waals surface area contributed by atoms with Gasteiger partial charge in [0, 0.05) is 13.1 Å². The highest BCUT2D eigenvalue weighted by atomic mass is 32.2. The van der Waals surface area contributed by atoms with Gasteiger partial charge >= 0.3 is 5.97 Å². The highest BCUT2D eigenvalue weighted by Crippen LogP contribution is 2.32. The average molecular weight is 440 g/mol. The second kappa shape index (κ2) is 8.63. The summed E-state index contributed by atoms with van der Waals surface area (Å²) in [6, 6.07) is 14.0. The summed E-state index contributed by atoms with van der Waals surface area (Å²) in [5.41, 5.74) is 2.14. The molecule has 0 bridgehead atoms. The molecule has 2 heterocycles. The number of piperidine rings is 1. The summed E-state index contributed by atoms with van der Waals surface area (Å²) in [6.45, 7) is 5.07. The molecule has 4 rings (SSSR count). The Balaban J connectivity index is 1.75. The lowest BCUT2D eigenvalue weighted by Gasteiger charge is -2.32. The van der Waals surface area contributed by atoms with Crippen LogP contribution < -0.4 is 4.90 Å². The predicted molar refractivity (Wildman–Crippen MR) is 118 cm³/mol. The molecular formula is C23H25N3O4S. The molecule has 0 amide bonds. The van der Waals surface area contributed by atoms with E-state index >= 15 is 0 Å². The van der Waals surface area contributed by atoms with Gasteiger partial charge in [-0.1, -0.05) is 29.8 Å². The van der Waals surface area contributed by atoms with Crippen LogP contribution in [0.1, 0.15) is 25.3 Å². The Morgan fingerprint density at radius 1 is 1.03 bits per heavy atom. The van der Waals surface area contributed by atoms with Crippen molar-refractivity contribution in [3.63, 3.8) is 0 Å². The van der Waals surface area contributed by atoms with Crippen molar-refractivity contribution in [2.75, 3.05) is 24.6 Å². The van der Waals surface area contributed by atoms with Gasteiger partial charge in [-0.05, 0) is 51.0 Å². The van der Waals surface area contributed by atoms with Gasteiger partial charge in [0.15, 0.2) is 5.82 Å². The average Bonchev–Trinajstić information content (AvgIpc) is 2.79. The molecule has 1 aliphatic heterocycles. The zero-order valence-corrected chi connectivity index (χ0v) is 18.4. The molecule has 3 aromatic rings. The molecule has 0 spiro atoms. The van der Waals surface area contributed by atoms with Crippen molar-refractivity contribution in [2.24, 2.45) is 5.92 Å². The van der Waals surface area contributed by atoms with E-state index in [0.717, 1.165) is 5.56 Å². The molecule has 0 radical (unpaired) electrons. The minimum atomic E-state index is -3.87. The molecule has 2 aromatic carbocycles. The predicted octanol–water partition coefficient (Wildman–Crippen LogP) is 3.55. The molecule has 0 aliphatic carbocycles. The van der Waals surface area contributed by atoms with E-state index in [4.69, 9.17) is 4.74 Å². The smallest absolute Gasteiger partial charge is 0.309 e. The lowest BCUT2D eigenvalue weighted by atomic mass is 9.97. The van der Waals surface area contributed by atoms with Crippen molar-refractivity contribution >= 4 is 32.7 Å². The SMILES string of the molecule is CCOC(=O)C1CCN(c2nc3ccccc3nc2S(=O)(=O)c2ccc(C)cc2)CC1. The quantitative estimate of drug-likeness (QED) is 0.562. The van der Waals surface area contributed by atoms with Crippen LogP contribution in [0.5, 0.6) is 0 Å². The van der Waals surface area contributed by atoms with E-state index in [2.05, 4.69) is 9.97 Å². The second-order valence-corrected chi connectivity index (χ2v) is 9.54. The van der Waals surface area contributed by atoms with Crippen LogP contribution >= 0.6 is 0 Å². The number of rotatable bonds is 5. The maximum absolute atomic E-state index is 13.5. The summed E-state index contributed by atoms with van der Waals surface area (Å²) in [5, 5.41) is -0.0513. The number of carbonyl (C=O) groups excluding carboxylic acids is 1. The Labute approximate surface area is 182 Å². The molecule has 162 valence electrons. The molecule has 1 aliphatic rings. The van der Waals surface area contributed by atoms with Gasteiger partial charge in [-0.25, -0.2) is 18.4 Å². The number of aromatic nitrogens is 2. The fourth-order valence-corrected chi connectivity index (χ4v) is 5.13. The number of fused-ring (bicyclic) bond motifs is 1. The number of aryl methyl sites for hydroxylation is 1. The molecule has 0 unspecified atom stereocenters. The van der Waals surface area contributed by atoms with E-state index in [-0.39, 0.29) is 21.8 Å². The number of para-hydroxylation sites is 2. The number of esters is 1. The van der Waals surface area contributed by atoms with E-state index in [9.17, 15) is 13.2 Å². The number of carbonyl (C=O) groups is 1. The van der Waals surface area contributed by atoms with Crippen molar-refractivity contribution in [1.29, 1.82) is 0 Å². The summed E-state index contributed by atoms with van der Waals surface area (Å²) in [6.07, 6.45) is 1.16.